The SMILES string of the molecule is COc1cc(Br)cc(/C=C2/SC(=O)N(Cc3cccc4ccccc34)C2=O)c1O. The van der Waals surface area contributed by atoms with Gasteiger partial charge in [-0.05, 0) is 46.3 Å². The van der Waals surface area contributed by atoms with Crippen LogP contribution in [0.15, 0.2) is 64.0 Å². The maximum atomic E-state index is 12.9. The number of carbonyl (C=O) groups is 2. The van der Waals surface area contributed by atoms with Crippen molar-refractivity contribution in [2.75, 3.05) is 7.11 Å². The van der Waals surface area contributed by atoms with Crippen molar-refractivity contribution >= 4 is 55.7 Å². The zero-order valence-electron chi connectivity index (χ0n) is 15.4. The van der Waals surface area contributed by atoms with Crippen molar-refractivity contribution in [1.82, 2.24) is 4.90 Å². The number of methoxy groups -OCH3 is 1. The van der Waals surface area contributed by atoms with Gasteiger partial charge in [0.25, 0.3) is 11.1 Å². The van der Waals surface area contributed by atoms with Crippen LogP contribution in [-0.4, -0.2) is 28.3 Å². The molecule has 7 heteroatoms. The summed E-state index contributed by atoms with van der Waals surface area (Å²) in [6, 6.07) is 17.0. The molecular formula is C22H16BrNO4S. The number of halogens is 1. The number of benzene rings is 3. The molecule has 0 atom stereocenters. The third kappa shape index (κ3) is 3.75. The molecule has 0 spiro atoms. The van der Waals surface area contributed by atoms with Gasteiger partial charge in [0.2, 0.25) is 0 Å². The maximum Gasteiger partial charge on any atom is 0.293 e. The molecule has 29 heavy (non-hydrogen) atoms. The predicted molar refractivity (Wildman–Crippen MR) is 118 cm³/mol. The third-order valence-corrected chi connectivity index (χ3v) is 6.02. The Bertz CT molecular complexity index is 1170. The number of amides is 2. The summed E-state index contributed by atoms with van der Waals surface area (Å²) in [5.41, 5.74) is 1.30. The second-order valence-electron chi connectivity index (χ2n) is 6.45. The number of hydrogen-bond acceptors (Lipinski definition) is 5. The van der Waals surface area contributed by atoms with E-state index in [9.17, 15) is 14.7 Å². The average Bonchev–Trinajstić information content (AvgIpc) is 2.98. The summed E-state index contributed by atoms with van der Waals surface area (Å²) in [5, 5.41) is 12.1. The Kier molecular flexibility index (Phi) is 5.34. The maximum absolute atomic E-state index is 12.9. The minimum atomic E-state index is -0.383. The minimum absolute atomic E-state index is 0.0865. The molecule has 1 N–H and O–H groups in total. The number of carbonyl (C=O) groups excluding carboxylic acids is 2. The molecule has 2 amide bonds. The molecule has 0 radical (unpaired) electrons. The van der Waals surface area contributed by atoms with Crippen LogP contribution in [0.1, 0.15) is 11.1 Å². The first-order chi connectivity index (χ1) is 14.0. The Balaban J connectivity index is 1.66. The van der Waals surface area contributed by atoms with Gasteiger partial charge in [-0.2, -0.15) is 0 Å². The topological polar surface area (TPSA) is 66.8 Å². The number of nitrogens with zero attached hydrogens (tertiary/aromatic N) is 1. The Morgan fingerprint density at radius 1 is 1.14 bits per heavy atom. The van der Waals surface area contributed by atoms with Crippen molar-refractivity contribution in [3.63, 3.8) is 0 Å². The zero-order valence-corrected chi connectivity index (χ0v) is 17.8. The van der Waals surface area contributed by atoms with Gasteiger partial charge in [-0.1, -0.05) is 58.4 Å². The Morgan fingerprint density at radius 3 is 2.69 bits per heavy atom. The Labute approximate surface area is 180 Å². The van der Waals surface area contributed by atoms with Crippen LogP contribution in [0.5, 0.6) is 11.5 Å². The number of imide groups is 1. The summed E-state index contributed by atoms with van der Waals surface area (Å²) in [6.45, 7) is 0.192. The van der Waals surface area contributed by atoms with Crippen LogP contribution in [0.3, 0.4) is 0 Å². The molecule has 146 valence electrons. The van der Waals surface area contributed by atoms with E-state index in [-0.39, 0.29) is 34.1 Å². The molecule has 4 rings (SSSR count). The fourth-order valence-corrected chi connectivity index (χ4v) is 4.52. The van der Waals surface area contributed by atoms with Gasteiger partial charge >= 0.3 is 0 Å². The fraction of sp³-hybridized carbons (Fsp3) is 0.0909. The zero-order chi connectivity index (χ0) is 20.5. The lowest BCUT2D eigenvalue weighted by Gasteiger charge is -2.14. The number of rotatable bonds is 4. The van der Waals surface area contributed by atoms with E-state index in [0.29, 0.717) is 10.0 Å². The molecule has 5 nitrogen and oxygen atoms in total. The van der Waals surface area contributed by atoms with E-state index >= 15 is 0 Å². The van der Waals surface area contributed by atoms with E-state index < -0.39 is 0 Å². The molecule has 0 unspecified atom stereocenters. The molecule has 1 saturated heterocycles. The molecule has 0 saturated carbocycles. The van der Waals surface area contributed by atoms with E-state index in [4.69, 9.17) is 4.74 Å². The molecular weight excluding hydrogens is 454 g/mol. The minimum Gasteiger partial charge on any atom is -0.504 e. The lowest BCUT2D eigenvalue weighted by molar-refractivity contribution is -0.123. The number of phenolic OH excluding ortho intramolecular Hbond substituents is 1. The molecule has 0 aliphatic carbocycles. The normalized spacial score (nSPS) is 15.5. The van der Waals surface area contributed by atoms with E-state index in [0.717, 1.165) is 28.1 Å². The number of fused-ring (bicyclic) bond motifs is 1. The number of phenols is 1. The van der Waals surface area contributed by atoms with Gasteiger partial charge in [-0.15, -0.1) is 0 Å². The highest BCUT2D eigenvalue weighted by Gasteiger charge is 2.35. The first-order valence-electron chi connectivity index (χ1n) is 8.76. The van der Waals surface area contributed by atoms with Gasteiger partial charge < -0.3 is 9.84 Å². The van der Waals surface area contributed by atoms with Gasteiger partial charge in [-0.3, -0.25) is 14.5 Å². The number of aromatic hydroxyl groups is 1. The molecule has 1 aliphatic rings. The van der Waals surface area contributed by atoms with E-state index in [1.165, 1.54) is 18.1 Å². The van der Waals surface area contributed by atoms with E-state index in [1.54, 1.807) is 12.1 Å². The Hall–Kier alpha value is -2.77. The van der Waals surface area contributed by atoms with Crippen molar-refractivity contribution < 1.29 is 19.4 Å². The molecule has 1 aliphatic heterocycles. The molecule has 1 heterocycles. The summed E-state index contributed by atoms with van der Waals surface area (Å²) in [5.74, 6) is -0.191. The van der Waals surface area contributed by atoms with Crippen molar-refractivity contribution in [2.24, 2.45) is 0 Å². The van der Waals surface area contributed by atoms with E-state index in [1.807, 2.05) is 42.5 Å². The van der Waals surface area contributed by atoms with Crippen molar-refractivity contribution in [3.05, 3.63) is 75.1 Å². The van der Waals surface area contributed by atoms with Crippen LogP contribution < -0.4 is 4.74 Å². The summed E-state index contributed by atoms with van der Waals surface area (Å²) >= 11 is 4.21. The molecule has 3 aromatic carbocycles. The van der Waals surface area contributed by atoms with Crippen LogP contribution in [-0.2, 0) is 11.3 Å². The quantitative estimate of drug-likeness (QED) is 0.507. The lowest BCUT2D eigenvalue weighted by Crippen LogP contribution is -2.27. The van der Waals surface area contributed by atoms with Gasteiger partial charge in [0.05, 0.1) is 18.6 Å². The van der Waals surface area contributed by atoms with Crippen LogP contribution >= 0.6 is 27.7 Å². The highest BCUT2D eigenvalue weighted by atomic mass is 79.9. The lowest BCUT2D eigenvalue weighted by atomic mass is 10.0. The second kappa shape index (κ2) is 7.93. The summed E-state index contributed by atoms with van der Waals surface area (Å²) in [6.07, 6.45) is 1.51. The van der Waals surface area contributed by atoms with Crippen LogP contribution in [0, 0.1) is 0 Å². The van der Waals surface area contributed by atoms with Crippen molar-refractivity contribution in [3.8, 4) is 11.5 Å². The number of hydrogen-bond donors (Lipinski definition) is 1. The first-order valence-corrected chi connectivity index (χ1v) is 10.4. The monoisotopic (exact) mass is 469 g/mol. The number of ether oxygens (including phenoxy) is 1. The average molecular weight is 470 g/mol. The molecule has 0 bridgehead atoms. The number of thioether (sulfide) groups is 1. The summed E-state index contributed by atoms with van der Waals surface area (Å²) in [7, 11) is 1.45. The second-order valence-corrected chi connectivity index (χ2v) is 8.36. The van der Waals surface area contributed by atoms with Crippen LogP contribution in [0.4, 0.5) is 4.79 Å². The highest BCUT2D eigenvalue weighted by Crippen LogP contribution is 2.39. The van der Waals surface area contributed by atoms with Crippen LogP contribution in [0.25, 0.3) is 16.8 Å². The summed E-state index contributed by atoms with van der Waals surface area (Å²) < 4.78 is 5.83. The van der Waals surface area contributed by atoms with Crippen molar-refractivity contribution in [2.45, 2.75) is 6.54 Å². The fourth-order valence-electron chi connectivity index (χ4n) is 3.24. The van der Waals surface area contributed by atoms with Gasteiger partial charge in [-0.25, -0.2) is 0 Å². The summed E-state index contributed by atoms with van der Waals surface area (Å²) in [4.78, 5) is 26.9. The van der Waals surface area contributed by atoms with Crippen molar-refractivity contribution in [1.29, 1.82) is 0 Å². The Morgan fingerprint density at radius 2 is 1.90 bits per heavy atom. The standard InChI is InChI=1S/C22H16BrNO4S/c1-28-18-11-16(23)9-15(20(18)25)10-19-21(26)24(22(27)29-19)12-14-7-4-6-13-5-2-3-8-17(13)14/h2-11,25H,12H2,1H3/b19-10+. The predicted octanol–water partition coefficient (Wildman–Crippen LogP) is 5.55. The smallest absolute Gasteiger partial charge is 0.293 e. The highest BCUT2D eigenvalue weighted by molar-refractivity contribution is 9.10. The van der Waals surface area contributed by atoms with Gasteiger partial charge in [0.1, 0.15) is 0 Å². The first kappa shape index (κ1) is 19.5. The largest absolute Gasteiger partial charge is 0.504 e. The van der Waals surface area contributed by atoms with Crippen LogP contribution in [0.2, 0.25) is 0 Å². The van der Waals surface area contributed by atoms with E-state index in [2.05, 4.69) is 15.9 Å². The molecule has 3 aromatic rings. The molecule has 0 aromatic heterocycles. The van der Waals surface area contributed by atoms with Gasteiger partial charge in [0.15, 0.2) is 11.5 Å². The third-order valence-electron chi connectivity index (χ3n) is 4.66. The molecule has 1 fully saturated rings. The van der Waals surface area contributed by atoms with Gasteiger partial charge in [0, 0.05) is 10.0 Å².